The number of nitrogens with zero attached hydrogens (tertiary/aromatic N) is 1. The lowest BCUT2D eigenvalue weighted by Gasteiger charge is -2.28. The van der Waals surface area contributed by atoms with Crippen LogP contribution in [0.4, 0.5) is 0 Å². The average molecular weight is 378 g/mol. The van der Waals surface area contributed by atoms with Crippen LogP contribution in [0.25, 0.3) is 0 Å². The van der Waals surface area contributed by atoms with Gasteiger partial charge in [-0.15, -0.1) is 0 Å². The van der Waals surface area contributed by atoms with Crippen molar-refractivity contribution in [2.75, 3.05) is 12.8 Å². The minimum absolute atomic E-state index is 0.0308. The maximum atomic E-state index is 12.6. The van der Waals surface area contributed by atoms with Gasteiger partial charge in [0.1, 0.15) is 5.76 Å². The molecule has 0 aliphatic carbocycles. The Bertz CT molecular complexity index is 963. The van der Waals surface area contributed by atoms with Gasteiger partial charge in [-0.2, -0.15) is 0 Å². The minimum Gasteiger partial charge on any atom is -0.478 e. The molecule has 1 aliphatic rings. The summed E-state index contributed by atoms with van der Waals surface area (Å²) < 4.78 is 30.0. The van der Waals surface area contributed by atoms with Gasteiger partial charge in [0, 0.05) is 13.1 Å². The van der Waals surface area contributed by atoms with Crippen LogP contribution in [0.2, 0.25) is 0 Å². The monoisotopic (exact) mass is 378 g/mol. The van der Waals surface area contributed by atoms with Crippen LogP contribution in [-0.2, 0) is 29.5 Å². The molecule has 2 heterocycles. The van der Waals surface area contributed by atoms with Gasteiger partial charge in [-0.05, 0) is 41.8 Å². The van der Waals surface area contributed by atoms with Crippen molar-refractivity contribution in [1.29, 1.82) is 0 Å². The molecule has 0 unspecified atom stereocenters. The maximum absolute atomic E-state index is 12.6. The zero-order valence-electron chi connectivity index (χ0n) is 14.1. The summed E-state index contributed by atoms with van der Waals surface area (Å²) in [6.45, 7) is 0.764. The third-order valence-corrected chi connectivity index (χ3v) is 4.80. The SMILES string of the molecule is CS(=O)(=O)NCc1ccc(C(=O)N2CCc3ccc(C(=O)O)cc3C2)o1. The molecule has 1 aliphatic heterocycles. The Balaban J connectivity index is 1.72. The van der Waals surface area contributed by atoms with Crippen LogP contribution in [0.3, 0.4) is 0 Å². The van der Waals surface area contributed by atoms with Gasteiger partial charge < -0.3 is 14.4 Å². The molecule has 0 fully saturated rings. The molecular weight excluding hydrogens is 360 g/mol. The number of sulfonamides is 1. The van der Waals surface area contributed by atoms with Crippen molar-refractivity contribution in [2.24, 2.45) is 0 Å². The third kappa shape index (κ3) is 4.12. The molecule has 0 atom stereocenters. The van der Waals surface area contributed by atoms with Gasteiger partial charge in [0.25, 0.3) is 5.91 Å². The van der Waals surface area contributed by atoms with Crippen LogP contribution in [0, 0.1) is 0 Å². The molecule has 138 valence electrons. The summed E-state index contributed by atoms with van der Waals surface area (Å²) in [7, 11) is -3.35. The smallest absolute Gasteiger partial charge is 0.335 e. The Morgan fingerprint density at radius 3 is 2.69 bits per heavy atom. The Hall–Kier alpha value is -2.65. The summed E-state index contributed by atoms with van der Waals surface area (Å²) in [5.74, 6) is -0.871. The lowest BCUT2D eigenvalue weighted by atomic mass is 9.97. The normalized spacial score (nSPS) is 14.1. The molecule has 9 heteroatoms. The number of rotatable bonds is 5. The molecule has 3 rings (SSSR count). The molecule has 2 N–H and O–H groups in total. The Labute approximate surface area is 150 Å². The van der Waals surface area contributed by atoms with E-state index in [0.717, 1.165) is 17.4 Å². The van der Waals surface area contributed by atoms with Crippen LogP contribution >= 0.6 is 0 Å². The summed E-state index contributed by atoms with van der Waals surface area (Å²) in [5.41, 5.74) is 2.01. The summed E-state index contributed by atoms with van der Waals surface area (Å²) in [6, 6.07) is 7.98. The predicted octanol–water partition coefficient (Wildman–Crippen LogP) is 1.23. The number of carboxylic acids is 1. The molecule has 1 aromatic carbocycles. The van der Waals surface area contributed by atoms with Crippen molar-refractivity contribution in [3.05, 3.63) is 58.5 Å². The molecule has 26 heavy (non-hydrogen) atoms. The van der Waals surface area contributed by atoms with E-state index in [1.807, 2.05) is 0 Å². The highest BCUT2D eigenvalue weighted by atomic mass is 32.2. The maximum Gasteiger partial charge on any atom is 0.335 e. The summed E-state index contributed by atoms with van der Waals surface area (Å²) in [4.78, 5) is 25.3. The fourth-order valence-electron chi connectivity index (χ4n) is 2.81. The molecule has 8 nitrogen and oxygen atoms in total. The second-order valence-electron chi connectivity index (χ2n) is 6.12. The van der Waals surface area contributed by atoms with Crippen molar-refractivity contribution in [1.82, 2.24) is 9.62 Å². The van der Waals surface area contributed by atoms with E-state index in [1.165, 1.54) is 6.07 Å². The van der Waals surface area contributed by atoms with E-state index in [2.05, 4.69) is 4.72 Å². The predicted molar refractivity (Wildman–Crippen MR) is 92.2 cm³/mol. The molecule has 1 aromatic heterocycles. The zero-order valence-corrected chi connectivity index (χ0v) is 14.9. The topological polar surface area (TPSA) is 117 Å². The molecular formula is C17H18N2O6S. The molecule has 0 radical (unpaired) electrons. The van der Waals surface area contributed by atoms with E-state index in [4.69, 9.17) is 9.52 Å². The molecule has 0 spiro atoms. The first-order chi connectivity index (χ1) is 12.2. The largest absolute Gasteiger partial charge is 0.478 e. The number of hydrogen-bond acceptors (Lipinski definition) is 5. The van der Waals surface area contributed by atoms with Crippen molar-refractivity contribution >= 4 is 21.9 Å². The summed E-state index contributed by atoms with van der Waals surface area (Å²) >= 11 is 0. The van der Waals surface area contributed by atoms with Gasteiger partial charge in [0.05, 0.1) is 18.4 Å². The van der Waals surface area contributed by atoms with E-state index in [-0.39, 0.29) is 23.8 Å². The second kappa shape index (κ2) is 6.93. The number of hydrogen-bond donors (Lipinski definition) is 2. The van der Waals surface area contributed by atoms with Gasteiger partial charge >= 0.3 is 5.97 Å². The van der Waals surface area contributed by atoms with Crippen molar-refractivity contribution in [2.45, 2.75) is 19.5 Å². The van der Waals surface area contributed by atoms with Crippen LogP contribution in [0.1, 0.15) is 37.8 Å². The van der Waals surface area contributed by atoms with Gasteiger partial charge in [-0.25, -0.2) is 17.9 Å². The number of carbonyl (C=O) groups excluding carboxylic acids is 1. The van der Waals surface area contributed by atoms with Crippen LogP contribution in [0.15, 0.2) is 34.7 Å². The lowest BCUT2D eigenvalue weighted by Crippen LogP contribution is -2.35. The van der Waals surface area contributed by atoms with Crippen molar-refractivity contribution < 1.29 is 27.5 Å². The first-order valence-electron chi connectivity index (χ1n) is 7.90. The van der Waals surface area contributed by atoms with E-state index >= 15 is 0 Å². The molecule has 2 aromatic rings. The van der Waals surface area contributed by atoms with E-state index in [9.17, 15) is 18.0 Å². The number of carboxylic acid groups (broad SMARTS) is 1. The van der Waals surface area contributed by atoms with Crippen LogP contribution in [-0.4, -0.2) is 43.1 Å². The molecule has 0 saturated carbocycles. The Morgan fingerprint density at radius 2 is 2.00 bits per heavy atom. The highest BCUT2D eigenvalue weighted by Gasteiger charge is 2.24. The third-order valence-electron chi connectivity index (χ3n) is 4.13. The number of benzene rings is 1. The molecule has 0 saturated heterocycles. The lowest BCUT2D eigenvalue weighted by molar-refractivity contribution is 0.0696. The Morgan fingerprint density at radius 1 is 1.23 bits per heavy atom. The highest BCUT2D eigenvalue weighted by molar-refractivity contribution is 7.88. The number of carbonyl (C=O) groups is 2. The standard InChI is InChI=1S/C17H18N2O6S/c1-26(23,24)18-9-14-4-5-15(25-14)16(20)19-7-6-11-2-3-12(17(21)22)8-13(11)10-19/h2-5,8,18H,6-7,9-10H2,1H3,(H,21,22). The number of furan rings is 1. The van der Waals surface area contributed by atoms with E-state index < -0.39 is 16.0 Å². The fourth-order valence-corrected chi connectivity index (χ4v) is 3.21. The zero-order chi connectivity index (χ0) is 18.9. The molecule has 1 amide bonds. The van der Waals surface area contributed by atoms with Gasteiger partial charge in [0.15, 0.2) is 5.76 Å². The minimum atomic E-state index is -3.35. The van der Waals surface area contributed by atoms with Gasteiger partial charge in [0.2, 0.25) is 10.0 Å². The summed E-state index contributed by atoms with van der Waals surface area (Å²) in [6.07, 6.45) is 1.67. The number of aromatic carboxylic acids is 1. The average Bonchev–Trinajstić information content (AvgIpc) is 3.06. The van der Waals surface area contributed by atoms with Crippen molar-refractivity contribution in [3.8, 4) is 0 Å². The molecule has 0 bridgehead atoms. The van der Waals surface area contributed by atoms with Crippen molar-refractivity contribution in [3.63, 3.8) is 0 Å². The first-order valence-corrected chi connectivity index (χ1v) is 9.80. The van der Waals surface area contributed by atoms with E-state index in [1.54, 1.807) is 29.2 Å². The summed E-state index contributed by atoms with van der Waals surface area (Å²) in [5, 5.41) is 9.11. The quantitative estimate of drug-likeness (QED) is 0.808. The highest BCUT2D eigenvalue weighted by Crippen LogP contribution is 2.22. The van der Waals surface area contributed by atoms with Crippen LogP contribution in [0.5, 0.6) is 0 Å². The number of amides is 1. The van der Waals surface area contributed by atoms with Gasteiger partial charge in [-0.3, -0.25) is 4.79 Å². The van der Waals surface area contributed by atoms with Gasteiger partial charge in [-0.1, -0.05) is 6.07 Å². The second-order valence-corrected chi connectivity index (χ2v) is 7.96. The first kappa shape index (κ1) is 18.2. The Kier molecular flexibility index (Phi) is 4.84. The van der Waals surface area contributed by atoms with E-state index in [0.29, 0.717) is 25.3 Å². The fraction of sp³-hybridized carbons (Fsp3) is 0.294. The van der Waals surface area contributed by atoms with Crippen LogP contribution < -0.4 is 4.72 Å². The number of nitrogens with one attached hydrogen (secondary N) is 1. The number of fused-ring (bicyclic) bond motifs is 1.